The van der Waals surface area contributed by atoms with Crippen LogP contribution in [0.25, 0.3) is 11.1 Å². The van der Waals surface area contributed by atoms with E-state index in [1.807, 2.05) is 19.9 Å². The van der Waals surface area contributed by atoms with Gasteiger partial charge in [0.2, 0.25) is 11.7 Å². The van der Waals surface area contributed by atoms with Gasteiger partial charge in [0.1, 0.15) is 36.1 Å². The molecule has 3 heterocycles. The Bertz CT molecular complexity index is 2000. The lowest BCUT2D eigenvalue weighted by Gasteiger charge is -2.33. The standard InChI is InChI=1S/C43H53N3O12/c1-22(2)36(44-41(52)54-8)38(49)45-23(3)9-15-32(45)40(51)57-34-16-12-25-18-30-28-13-11-26(17-27(28)20-55-35(30)19-29(25)37(34)48)33(47)21-56-39(50)31-14-10-24(4)46(31)42(53)58-43(5,6)7/h11,13,17-19,22-24,31-32,34,36H,9-10,12,14-16,20-21H2,1-8H3,(H,44,52)/t23-,24-,31?,32-,34?,36-/m0/s1. The van der Waals surface area contributed by atoms with Crippen LogP contribution in [0.15, 0.2) is 30.3 Å². The number of alkyl carbamates (subject to hydrolysis) is 1. The second kappa shape index (κ2) is 16.8. The molecule has 6 atom stereocenters. The molecule has 0 spiro atoms. The number of nitrogens with one attached hydrogen (secondary N) is 1. The molecule has 0 radical (unpaired) electrons. The van der Waals surface area contributed by atoms with Gasteiger partial charge in [-0.2, -0.15) is 0 Å². The number of hydrogen-bond donors (Lipinski definition) is 1. The lowest BCUT2D eigenvalue weighted by atomic mass is 9.84. The first kappa shape index (κ1) is 42.1. The highest BCUT2D eigenvalue weighted by molar-refractivity contribution is 6.04. The molecule has 2 fully saturated rings. The molecule has 4 aliphatic rings. The minimum absolute atomic E-state index is 0.116. The first-order valence-corrected chi connectivity index (χ1v) is 19.9. The van der Waals surface area contributed by atoms with Gasteiger partial charge >= 0.3 is 24.1 Å². The van der Waals surface area contributed by atoms with Crippen molar-refractivity contribution in [2.24, 2.45) is 5.92 Å². The number of methoxy groups -OCH3 is 1. The third-order valence-corrected chi connectivity index (χ3v) is 11.3. The summed E-state index contributed by atoms with van der Waals surface area (Å²) in [6.07, 6.45) is 0.222. The van der Waals surface area contributed by atoms with Crippen LogP contribution in [0, 0.1) is 5.92 Å². The molecule has 15 heteroatoms. The third-order valence-electron chi connectivity index (χ3n) is 11.3. The van der Waals surface area contributed by atoms with Crippen molar-refractivity contribution in [3.8, 4) is 16.9 Å². The molecular formula is C43H53N3O12. The summed E-state index contributed by atoms with van der Waals surface area (Å²) in [5, 5.41) is 2.57. The van der Waals surface area contributed by atoms with Crippen LogP contribution in [-0.4, -0.2) is 107 Å². The Labute approximate surface area is 338 Å². The topological polar surface area (TPSA) is 184 Å². The van der Waals surface area contributed by atoms with E-state index in [0.29, 0.717) is 49.0 Å². The Morgan fingerprint density at radius 3 is 2.17 bits per heavy atom. The number of ketones is 2. The number of aryl methyl sites for hydroxylation is 1. The lowest BCUT2D eigenvalue weighted by Crippen LogP contribution is -2.56. The molecule has 2 aromatic carbocycles. The second-order valence-electron chi connectivity index (χ2n) is 16.9. The Hall–Kier alpha value is -5.47. The van der Waals surface area contributed by atoms with Gasteiger partial charge in [-0.05, 0) is 114 Å². The van der Waals surface area contributed by atoms with Crippen molar-refractivity contribution >= 4 is 41.6 Å². The van der Waals surface area contributed by atoms with E-state index in [0.717, 1.165) is 22.3 Å². The van der Waals surface area contributed by atoms with Gasteiger partial charge in [0.25, 0.3) is 0 Å². The fraction of sp³-hybridized carbons (Fsp3) is 0.558. The third kappa shape index (κ3) is 8.68. The predicted molar refractivity (Wildman–Crippen MR) is 208 cm³/mol. The lowest BCUT2D eigenvalue weighted by molar-refractivity contribution is -0.158. The zero-order chi connectivity index (χ0) is 42.2. The van der Waals surface area contributed by atoms with Gasteiger partial charge in [-0.15, -0.1) is 0 Å². The zero-order valence-corrected chi connectivity index (χ0v) is 34.4. The number of carbonyl (C=O) groups excluding carboxylic acids is 7. The number of Topliss-reactive ketones (excluding diaryl/α,β-unsaturated/α-hetero) is 2. The van der Waals surface area contributed by atoms with Crippen molar-refractivity contribution < 1.29 is 57.2 Å². The van der Waals surface area contributed by atoms with Crippen LogP contribution in [0.4, 0.5) is 9.59 Å². The number of ether oxygens (including phenoxy) is 5. The Kier molecular flexibility index (Phi) is 12.2. The minimum Gasteiger partial charge on any atom is -0.488 e. The Morgan fingerprint density at radius 1 is 0.845 bits per heavy atom. The van der Waals surface area contributed by atoms with Crippen molar-refractivity contribution in [2.75, 3.05) is 13.7 Å². The van der Waals surface area contributed by atoms with Gasteiger partial charge in [-0.3, -0.25) is 19.3 Å². The van der Waals surface area contributed by atoms with Crippen LogP contribution in [0.3, 0.4) is 0 Å². The number of benzene rings is 2. The fourth-order valence-corrected chi connectivity index (χ4v) is 8.22. The summed E-state index contributed by atoms with van der Waals surface area (Å²) in [5.41, 5.74) is 3.07. The highest BCUT2D eigenvalue weighted by Gasteiger charge is 2.45. The van der Waals surface area contributed by atoms with E-state index in [1.165, 1.54) is 16.9 Å². The SMILES string of the molecule is COC(=O)N[C@H](C(=O)N1[C@@H](C)CC[C@H]1C(=O)OC1CCc2cc3c(cc2C1=O)OCc1cc(C(=O)COC(=O)C2CC[C@H](C)N2C(=O)OC(C)(C)C)ccc1-3)C(C)C. The van der Waals surface area contributed by atoms with E-state index in [2.05, 4.69) is 5.32 Å². The smallest absolute Gasteiger partial charge is 0.411 e. The van der Waals surface area contributed by atoms with E-state index in [-0.39, 0.29) is 36.8 Å². The molecule has 58 heavy (non-hydrogen) atoms. The highest BCUT2D eigenvalue weighted by Crippen LogP contribution is 2.42. The number of rotatable bonds is 9. The number of likely N-dealkylation sites (tertiary alicyclic amines) is 2. The van der Waals surface area contributed by atoms with Crippen molar-refractivity contribution in [1.82, 2.24) is 15.1 Å². The normalized spacial score (nSPS) is 22.8. The molecule has 0 saturated carbocycles. The van der Waals surface area contributed by atoms with Gasteiger partial charge in [0.05, 0.1) is 7.11 Å². The number of fused-ring (bicyclic) bond motifs is 4. The number of esters is 2. The van der Waals surface area contributed by atoms with Crippen LogP contribution in [0.2, 0.25) is 0 Å². The average molecular weight is 804 g/mol. The molecular weight excluding hydrogens is 750 g/mol. The molecule has 2 unspecified atom stereocenters. The predicted octanol–water partition coefficient (Wildman–Crippen LogP) is 5.56. The number of amides is 3. The van der Waals surface area contributed by atoms with Gasteiger partial charge in [-0.1, -0.05) is 26.0 Å². The summed E-state index contributed by atoms with van der Waals surface area (Å²) in [7, 11) is 1.21. The Morgan fingerprint density at radius 2 is 1.52 bits per heavy atom. The maximum Gasteiger partial charge on any atom is 0.411 e. The summed E-state index contributed by atoms with van der Waals surface area (Å²) >= 11 is 0. The molecule has 3 aliphatic heterocycles. The molecule has 3 amide bonds. The van der Waals surface area contributed by atoms with E-state index in [9.17, 15) is 33.6 Å². The quantitative estimate of drug-likeness (QED) is 0.190. The first-order chi connectivity index (χ1) is 27.4. The Balaban J connectivity index is 1.10. The summed E-state index contributed by atoms with van der Waals surface area (Å²) in [6.45, 7) is 12.1. The van der Waals surface area contributed by atoms with Crippen molar-refractivity contribution in [3.63, 3.8) is 0 Å². The molecule has 0 aromatic heterocycles. The number of nitrogens with zero attached hydrogens (tertiary/aromatic N) is 2. The van der Waals surface area contributed by atoms with E-state index < -0.39 is 72.3 Å². The summed E-state index contributed by atoms with van der Waals surface area (Å²) in [5.74, 6) is -2.33. The van der Waals surface area contributed by atoms with Crippen molar-refractivity contribution in [1.29, 1.82) is 0 Å². The fourth-order valence-electron chi connectivity index (χ4n) is 8.22. The van der Waals surface area contributed by atoms with E-state index >= 15 is 0 Å². The summed E-state index contributed by atoms with van der Waals surface area (Å²) in [6, 6.07) is 5.55. The van der Waals surface area contributed by atoms with Gasteiger partial charge in [-0.25, -0.2) is 19.2 Å². The summed E-state index contributed by atoms with van der Waals surface area (Å²) < 4.78 is 27.5. The van der Waals surface area contributed by atoms with Crippen LogP contribution >= 0.6 is 0 Å². The van der Waals surface area contributed by atoms with Crippen LogP contribution in [0.1, 0.15) is 112 Å². The molecule has 2 aromatic rings. The molecule has 1 N–H and O–H groups in total. The van der Waals surface area contributed by atoms with Crippen LogP contribution < -0.4 is 10.1 Å². The summed E-state index contributed by atoms with van der Waals surface area (Å²) in [4.78, 5) is 95.0. The molecule has 1 aliphatic carbocycles. The number of carbonyl (C=O) groups is 7. The van der Waals surface area contributed by atoms with Gasteiger partial charge in [0, 0.05) is 28.8 Å². The molecule has 0 bridgehead atoms. The maximum atomic E-state index is 13.8. The number of hydrogen-bond acceptors (Lipinski definition) is 12. The minimum atomic E-state index is -1.05. The van der Waals surface area contributed by atoms with Crippen molar-refractivity contribution in [3.05, 3.63) is 52.6 Å². The molecule has 312 valence electrons. The van der Waals surface area contributed by atoms with E-state index in [4.69, 9.17) is 23.7 Å². The van der Waals surface area contributed by atoms with Gasteiger partial charge in [0.15, 0.2) is 18.5 Å². The van der Waals surface area contributed by atoms with Crippen LogP contribution in [0.5, 0.6) is 5.75 Å². The monoisotopic (exact) mass is 803 g/mol. The molecule has 6 rings (SSSR count). The zero-order valence-electron chi connectivity index (χ0n) is 34.4. The van der Waals surface area contributed by atoms with E-state index in [1.54, 1.807) is 58.9 Å². The van der Waals surface area contributed by atoms with Gasteiger partial charge < -0.3 is 33.9 Å². The molecule has 2 saturated heterocycles. The first-order valence-electron chi connectivity index (χ1n) is 19.9. The largest absolute Gasteiger partial charge is 0.488 e. The average Bonchev–Trinajstić information content (AvgIpc) is 3.77. The second-order valence-corrected chi connectivity index (χ2v) is 16.9. The van der Waals surface area contributed by atoms with Crippen molar-refractivity contribution in [2.45, 2.75) is 136 Å². The molecule has 15 nitrogen and oxygen atoms in total. The van der Waals surface area contributed by atoms with Crippen LogP contribution in [-0.2, 0) is 46.4 Å². The highest BCUT2D eigenvalue weighted by atomic mass is 16.6. The maximum absolute atomic E-state index is 13.8.